The summed E-state index contributed by atoms with van der Waals surface area (Å²) < 4.78 is 0. The van der Waals surface area contributed by atoms with Gasteiger partial charge in [-0.3, -0.25) is 4.79 Å². The molecule has 0 saturated carbocycles. The third-order valence-electron chi connectivity index (χ3n) is 2.73. The summed E-state index contributed by atoms with van der Waals surface area (Å²) in [4.78, 5) is 12.5. The monoisotopic (exact) mass is 236 g/mol. The summed E-state index contributed by atoms with van der Waals surface area (Å²) in [6.07, 6.45) is 0.906. The lowest BCUT2D eigenvalue weighted by molar-refractivity contribution is -0.138. The molecule has 1 atom stereocenters. The molecule has 0 aromatic heterocycles. The van der Waals surface area contributed by atoms with Crippen LogP contribution in [-0.2, 0) is 11.2 Å². The van der Waals surface area contributed by atoms with E-state index >= 15 is 0 Å². The Balaban J connectivity index is 2.35. The van der Waals surface area contributed by atoms with E-state index in [9.17, 15) is 4.79 Å². The molecule has 0 heterocycles. The number of carboxylic acid groups (broad SMARTS) is 1. The van der Waals surface area contributed by atoms with E-state index in [0.717, 1.165) is 13.0 Å². The highest BCUT2D eigenvalue weighted by Crippen LogP contribution is 2.04. The number of hydrogen-bond donors (Lipinski definition) is 2. The lowest BCUT2D eigenvalue weighted by Crippen LogP contribution is -2.41. The summed E-state index contributed by atoms with van der Waals surface area (Å²) in [6, 6.07) is 7.55. The quantitative estimate of drug-likeness (QED) is 0.769. The van der Waals surface area contributed by atoms with Gasteiger partial charge in [-0.2, -0.15) is 0 Å². The Kier molecular flexibility index (Phi) is 5.12. The summed E-state index contributed by atoms with van der Waals surface area (Å²) >= 11 is 0. The Hall–Kier alpha value is -1.39. The van der Waals surface area contributed by atoms with E-state index in [2.05, 4.69) is 31.2 Å². The minimum atomic E-state index is -0.952. The van der Waals surface area contributed by atoms with Crippen molar-refractivity contribution in [1.29, 1.82) is 0 Å². The number of hydrogen-bond acceptors (Lipinski definition) is 3. The first-order valence-electron chi connectivity index (χ1n) is 5.71. The van der Waals surface area contributed by atoms with Crippen molar-refractivity contribution in [2.45, 2.75) is 19.4 Å². The SMILES string of the molecule is Cc1ccc(CCN(C)CC(N)C(=O)O)cc1. The van der Waals surface area contributed by atoms with Crippen LogP contribution in [0.3, 0.4) is 0 Å². The lowest BCUT2D eigenvalue weighted by Gasteiger charge is -2.18. The number of aryl methyl sites for hydroxylation is 1. The first-order valence-corrected chi connectivity index (χ1v) is 5.71. The Morgan fingerprint density at radius 3 is 2.53 bits per heavy atom. The van der Waals surface area contributed by atoms with Crippen LogP contribution >= 0.6 is 0 Å². The number of carboxylic acids is 1. The van der Waals surface area contributed by atoms with Crippen LogP contribution in [0.1, 0.15) is 11.1 Å². The van der Waals surface area contributed by atoms with Crippen molar-refractivity contribution in [1.82, 2.24) is 4.90 Å². The van der Waals surface area contributed by atoms with Crippen LogP contribution in [0.15, 0.2) is 24.3 Å². The molecule has 1 aromatic carbocycles. The van der Waals surface area contributed by atoms with Gasteiger partial charge in [0, 0.05) is 13.1 Å². The third kappa shape index (κ3) is 4.97. The number of aliphatic carboxylic acids is 1. The standard InChI is InChI=1S/C13H20N2O2/c1-10-3-5-11(6-4-10)7-8-15(2)9-12(14)13(16)17/h3-6,12H,7-9,14H2,1-2H3,(H,16,17). The molecule has 1 unspecified atom stereocenters. The second-order valence-corrected chi connectivity index (χ2v) is 4.44. The fourth-order valence-electron chi connectivity index (χ4n) is 1.58. The molecule has 0 spiro atoms. The Morgan fingerprint density at radius 1 is 1.41 bits per heavy atom. The first kappa shape index (κ1) is 13.7. The van der Waals surface area contributed by atoms with Crippen molar-refractivity contribution >= 4 is 5.97 Å². The zero-order valence-electron chi connectivity index (χ0n) is 10.4. The van der Waals surface area contributed by atoms with Gasteiger partial charge in [-0.05, 0) is 26.0 Å². The molecule has 94 valence electrons. The number of carbonyl (C=O) groups is 1. The number of benzene rings is 1. The van der Waals surface area contributed by atoms with E-state index in [1.54, 1.807) is 0 Å². The van der Waals surface area contributed by atoms with Crippen LogP contribution in [0, 0.1) is 6.92 Å². The van der Waals surface area contributed by atoms with Crippen LogP contribution in [0.5, 0.6) is 0 Å². The smallest absolute Gasteiger partial charge is 0.321 e. The van der Waals surface area contributed by atoms with Gasteiger partial charge in [0.15, 0.2) is 0 Å². The maximum absolute atomic E-state index is 10.6. The number of nitrogens with zero attached hydrogens (tertiary/aromatic N) is 1. The normalized spacial score (nSPS) is 12.7. The van der Waals surface area contributed by atoms with E-state index in [1.165, 1.54) is 11.1 Å². The minimum absolute atomic E-state index is 0.376. The van der Waals surface area contributed by atoms with Gasteiger partial charge in [-0.25, -0.2) is 0 Å². The van der Waals surface area contributed by atoms with Crippen molar-refractivity contribution in [3.63, 3.8) is 0 Å². The molecule has 0 aliphatic carbocycles. The second kappa shape index (κ2) is 6.37. The van der Waals surface area contributed by atoms with Crippen molar-refractivity contribution in [3.8, 4) is 0 Å². The third-order valence-corrected chi connectivity index (χ3v) is 2.73. The van der Waals surface area contributed by atoms with Gasteiger partial charge in [0.05, 0.1) is 0 Å². The molecule has 0 fully saturated rings. The van der Waals surface area contributed by atoms with Gasteiger partial charge in [-0.15, -0.1) is 0 Å². The molecule has 0 aliphatic rings. The van der Waals surface area contributed by atoms with E-state index in [4.69, 9.17) is 10.8 Å². The summed E-state index contributed by atoms with van der Waals surface area (Å²) in [6.45, 7) is 3.24. The zero-order valence-corrected chi connectivity index (χ0v) is 10.4. The minimum Gasteiger partial charge on any atom is -0.480 e. The van der Waals surface area contributed by atoms with Crippen LogP contribution in [0.25, 0.3) is 0 Å². The van der Waals surface area contributed by atoms with E-state index in [0.29, 0.717) is 6.54 Å². The summed E-state index contributed by atoms with van der Waals surface area (Å²) in [5.74, 6) is -0.952. The van der Waals surface area contributed by atoms with Crippen molar-refractivity contribution in [3.05, 3.63) is 35.4 Å². The van der Waals surface area contributed by atoms with Gasteiger partial charge >= 0.3 is 5.97 Å². The molecular weight excluding hydrogens is 216 g/mol. The van der Waals surface area contributed by atoms with Gasteiger partial charge in [-0.1, -0.05) is 29.8 Å². The fourth-order valence-corrected chi connectivity index (χ4v) is 1.58. The van der Waals surface area contributed by atoms with Gasteiger partial charge in [0.25, 0.3) is 0 Å². The molecule has 0 bridgehead atoms. The molecule has 0 saturated heterocycles. The van der Waals surface area contributed by atoms with Gasteiger partial charge < -0.3 is 15.7 Å². The predicted octanol–water partition coefficient (Wildman–Crippen LogP) is 0.881. The summed E-state index contributed by atoms with van der Waals surface area (Å²) in [5.41, 5.74) is 7.97. The van der Waals surface area contributed by atoms with E-state index < -0.39 is 12.0 Å². The topological polar surface area (TPSA) is 66.6 Å². The molecule has 3 N–H and O–H groups in total. The first-order chi connectivity index (χ1) is 7.99. The number of nitrogens with two attached hydrogens (primary N) is 1. The van der Waals surface area contributed by atoms with Crippen LogP contribution in [0.4, 0.5) is 0 Å². The van der Waals surface area contributed by atoms with Crippen molar-refractivity contribution < 1.29 is 9.90 Å². The van der Waals surface area contributed by atoms with Crippen LogP contribution in [-0.4, -0.2) is 42.2 Å². The summed E-state index contributed by atoms with van der Waals surface area (Å²) in [5, 5.41) is 8.70. The zero-order chi connectivity index (χ0) is 12.8. The highest BCUT2D eigenvalue weighted by molar-refractivity contribution is 5.73. The highest BCUT2D eigenvalue weighted by Gasteiger charge is 2.13. The molecule has 0 amide bonds. The highest BCUT2D eigenvalue weighted by atomic mass is 16.4. The van der Waals surface area contributed by atoms with E-state index in [-0.39, 0.29) is 0 Å². The molecule has 0 aliphatic heterocycles. The molecule has 17 heavy (non-hydrogen) atoms. The molecule has 1 rings (SSSR count). The fraction of sp³-hybridized carbons (Fsp3) is 0.462. The second-order valence-electron chi connectivity index (χ2n) is 4.44. The lowest BCUT2D eigenvalue weighted by atomic mass is 10.1. The molecule has 0 radical (unpaired) electrons. The van der Waals surface area contributed by atoms with Crippen molar-refractivity contribution in [2.24, 2.45) is 5.73 Å². The number of rotatable bonds is 6. The largest absolute Gasteiger partial charge is 0.480 e. The average Bonchev–Trinajstić information content (AvgIpc) is 2.28. The van der Waals surface area contributed by atoms with Crippen molar-refractivity contribution in [2.75, 3.05) is 20.1 Å². The predicted molar refractivity (Wildman–Crippen MR) is 68.0 cm³/mol. The molecular formula is C13H20N2O2. The van der Waals surface area contributed by atoms with Gasteiger partial charge in [0.1, 0.15) is 6.04 Å². The molecule has 4 nitrogen and oxygen atoms in total. The molecule has 1 aromatic rings. The van der Waals surface area contributed by atoms with E-state index in [1.807, 2.05) is 11.9 Å². The summed E-state index contributed by atoms with van der Waals surface area (Å²) in [7, 11) is 1.89. The Morgan fingerprint density at radius 2 is 2.00 bits per heavy atom. The Labute approximate surface area is 102 Å². The van der Waals surface area contributed by atoms with Crippen LogP contribution in [0.2, 0.25) is 0 Å². The Bertz CT molecular complexity index is 362. The number of likely N-dealkylation sites (N-methyl/N-ethyl adjacent to an activating group) is 1. The average molecular weight is 236 g/mol. The molecule has 4 heteroatoms. The van der Waals surface area contributed by atoms with Gasteiger partial charge in [0.2, 0.25) is 0 Å². The van der Waals surface area contributed by atoms with Crippen LogP contribution < -0.4 is 5.73 Å². The maximum Gasteiger partial charge on any atom is 0.321 e. The maximum atomic E-state index is 10.6.